The molecule has 0 aromatic carbocycles. The van der Waals surface area contributed by atoms with Crippen molar-refractivity contribution in [1.82, 2.24) is 4.98 Å². The van der Waals surface area contributed by atoms with E-state index in [1.54, 1.807) is 0 Å². The van der Waals surface area contributed by atoms with Crippen LogP contribution in [0.5, 0.6) is 0 Å². The first kappa shape index (κ1) is 9.33. The van der Waals surface area contributed by atoms with Gasteiger partial charge in [0.1, 0.15) is 12.3 Å². The van der Waals surface area contributed by atoms with Gasteiger partial charge < -0.3 is 9.84 Å². The highest BCUT2D eigenvalue weighted by Gasteiger charge is 2.52. The number of esters is 1. The minimum atomic E-state index is -1.07. The summed E-state index contributed by atoms with van der Waals surface area (Å²) in [5.74, 6) is -1.48. The van der Waals surface area contributed by atoms with Gasteiger partial charge >= 0.3 is 11.9 Å². The summed E-state index contributed by atoms with van der Waals surface area (Å²) < 4.78 is 5.06. The molecule has 82 valence electrons. The Morgan fingerprint density at radius 1 is 1.44 bits per heavy atom. The summed E-state index contributed by atoms with van der Waals surface area (Å²) in [5, 5.41) is 8.86. The Morgan fingerprint density at radius 3 is 2.81 bits per heavy atom. The maximum atomic E-state index is 11.5. The zero-order valence-electron chi connectivity index (χ0n) is 8.40. The van der Waals surface area contributed by atoms with Crippen LogP contribution >= 0.6 is 0 Å². The van der Waals surface area contributed by atoms with E-state index in [2.05, 4.69) is 4.98 Å². The Balaban J connectivity index is 2.18. The first-order valence-corrected chi connectivity index (χ1v) is 5.04. The number of aromatic carboxylic acids is 1. The fourth-order valence-electron chi connectivity index (χ4n) is 2.03. The molecule has 5 heteroatoms. The lowest BCUT2D eigenvalue weighted by atomic mass is 9.95. The normalized spacial score (nSPS) is 20.1. The van der Waals surface area contributed by atoms with Crippen molar-refractivity contribution in [2.75, 3.05) is 6.61 Å². The van der Waals surface area contributed by atoms with E-state index in [1.807, 2.05) is 0 Å². The van der Waals surface area contributed by atoms with Crippen LogP contribution in [-0.2, 0) is 10.2 Å². The average Bonchev–Trinajstić information content (AvgIpc) is 3.05. The molecule has 1 fully saturated rings. The second-order valence-electron chi connectivity index (χ2n) is 4.25. The number of ether oxygens (including phenoxy) is 1. The Kier molecular flexibility index (Phi) is 1.64. The van der Waals surface area contributed by atoms with Crippen molar-refractivity contribution >= 4 is 11.9 Å². The number of carboxylic acids is 1. The number of cyclic esters (lactones) is 1. The molecule has 1 aromatic rings. The summed E-state index contributed by atoms with van der Waals surface area (Å²) in [5.41, 5.74) is 0.798. The molecule has 16 heavy (non-hydrogen) atoms. The molecule has 0 unspecified atom stereocenters. The van der Waals surface area contributed by atoms with Crippen molar-refractivity contribution < 1.29 is 19.4 Å². The Bertz CT molecular complexity index is 505. The number of aromatic nitrogens is 1. The molecule has 2 heterocycles. The summed E-state index contributed by atoms with van der Waals surface area (Å²) in [6.07, 6.45) is 1.81. The highest BCUT2D eigenvalue weighted by Crippen LogP contribution is 2.50. The first-order valence-electron chi connectivity index (χ1n) is 5.04. The van der Waals surface area contributed by atoms with Crippen LogP contribution < -0.4 is 0 Å². The summed E-state index contributed by atoms with van der Waals surface area (Å²) in [7, 11) is 0. The van der Waals surface area contributed by atoms with E-state index in [0.717, 1.165) is 12.8 Å². The van der Waals surface area contributed by atoms with Gasteiger partial charge in [-0.05, 0) is 25.0 Å². The molecule has 2 aliphatic rings. The lowest BCUT2D eigenvalue weighted by molar-refractivity contribution is 0.0415. The molecule has 1 saturated carbocycles. The van der Waals surface area contributed by atoms with Crippen molar-refractivity contribution in [1.29, 1.82) is 0 Å². The molecule has 1 aliphatic heterocycles. The van der Waals surface area contributed by atoms with Gasteiger partial charge in [0.15, 0.2) is 0 Å². The van der Waals surface area contributed by atoms with Gasteiger partial charge in [-0.2, -0.15) is 0 Å². The van der Waals surface area contributed by atoms with Crippen molar-refractivity contribution in [3.8, 4) is 0 Å². The molecule has 1 N–H and O–H groups in total. The number of carboxylic acid groups (broad SMARTS) is 1. The van der Waals surface area contributed by atoms with Gasteiger partial charge in [0.05, 0.1) is 11.3 Å². The lowest BCUT2D eigenvalue weighted by Crippen LogP contribution is -2.29. The van der Waals surface area contributed by atoms with Crippen molar-refractivity contribution in [2.24, 2.45) is 0 Å². The van der Waals surface area contributed by atoms with Crippen LogP contribution in [0, 0.1) is 0 Å². The van der Waals surface area contributed by atoms with Gasteiger partial charge in [0.2, 0.25) is 0 Å². The van der Waals surface area contributed by atoms with E-state index >= 15 is 0 Å². The number of rotatable bonds is 1. The smallest absolute Gasteiger partial charge is 0.354 e. The fourth-order valence-corrected chi connectivity index (χ4v) is 2.03. The summed E-state index contributed by atoms with van der Waals surface area (Å²) in [6.45, 7) is 0.328. The second-order valence-corrected chi connectivity index (χ2v) is 4.25. The third-order valence-corrected chi connectivity index (χ3v) is 3.17. The van der Waals surface area contributed by atoms with Crippen LogP contribution in [0.15, 0.2) is 12.1 Å². The number of fused-ring (bicyclic) bond motifs is 2. The topological polar surface area (TPSA) is 76.5 Å². The first-order chi connectivity index (χ1) is 7.62. The molecule has 0 radical (unpaired) electrons. The molecule has 0 atom stereocenters. The molecule has 1 aromatic heterocycles. The number of pyridine rings is 1. The van der Waals surface area contributed by atoms with Gasteiger partial charge in [-0.25, -0.2) is 14.6 Å². The van der Waals surface area contributed by atoms with Crippen LogP contribution in [0.3, 0.4) is 0 Å². The van der Waals surface area contributed by atoms with Gasteiger partial charge in [-0.15, -0.1) is 0 Å². The molecule has 1 aliphatic carbocycles. The van der Waals surface area contributed by atoms with Gasteiger partial charge in [-0.3, -0.25) is 0 Å². The van der Waals surface area contributed by atoms with E-state index in [-0.39, 0.29) is 11.1 Å². The minimum absolute atomic E-state index is 0.0141. The Hall–Kier alpha value is -1.91. The van der Waals surface area contributed by atoms with E-state index in [1.165, 1.54) is 12.1 Å². The zero-order chi connectivity index (χ0) is 11.3. The predicted molar refractivity (Wildman–Crippen MR) is 52.4 cm³/mol. The molecule has 0 saturated heterocycles. The van der Waals surface area contributed by atoms with Crippen LogP contribution in [0.2, 0.25) is 0 Å². The van der Waals surface area contributed by atoms with E-state index in [9.17, 15) is 9.59 Å². The third kappa shape index (κ3) is 1.14. The molecule has 0 amide bonds. The summed E-state index contributed by atoms with van der Waals surface area (Å²) >= 11 is 0. The van der Waals surface area contributed by atoms with E-state index in [0.29, 0.717) is 17.9 Å². The summed E-state index contributed by atoms with van der Waals surface area (Å²) in [4.78, 5) is 26.4. The molecular weight excluding hydrogens is 210 g/mol. The highest BCUT2D eigenvalue weighted by molar-refractivity contribution is 5.94. The predicted octanol–water partition coefficient (Wildman–Crippen LogP) is 0.982. The molecule has 0 bridgehead atoms. The Labute approximate surface area is 91.1 Å². The highest BCUT2D eigenvalue weighted by atomic mass is 16.5. The number of hydrogen-bond donors (Lipinski definition) is 1. The quantitative estimate of drug-likeness (QED) is 0.712. The number of carbonyl (C=O) groups excluding carboxylic acids is 1. The molecule has 5 nitrogen and oxygen atoms in total. The largest absolute Gasteiger partial charge is 0.477 e. The lowest BCUT2D eigenvalue weighted by Gasteiger charge is -2.23. The van der Waals surface area contributed by atoms with E-state index in [4.69, 9.17) is 9.84 Å². The maximum absolute atomic E-state index is 11.5. The average molecular weight is 219 g/mol. The third-order valence-electron chi connectivity index (χ3n) is 3.17. The standard InChI is InChI=1S/C11H9NO4/c13-9(14)7-2-1-6-8(12-7)11(3-4-11)5-16-10(6)15/h1-2H,3-5H2,(H,13,14). The fraction of sp³-hybridized carbons (Fsp3) is 0.364. The van der Waals surface area contributed by atoms with Gasteiger partial charge in [0, 0.05) is 5.41 Å². The molecule has 3 rings (SSSR count). The Morgan fingerprint density at radius 2 is 2.19 bits per heavy atom. The van der Waals surface area contributed by atoms with Crippen molar-refractivity contribution in [3.63, 3.8) is 0 Å². The van der Waals surface area contributed by atoms with Gasteiger partial charge in [0.25, 0.3) is 0 Å². The maximum Gasteiger partial charge on any atom is 0.354 e. The van der Waals surface area contributed by atoms with Crippen LogP contribution in [0.1, 0.15) is 39.4 Å². The van der Waals surface area contributed by atoms with Crippen LogP contribution in [-0.4, -0.2) is 28.6 Å². The molecular formula is C11H9NO4. The number of carbonyl (C=O) groups is 2. The van der Waals surface area contributed by atoms with Crippen molar-refractivity contribution in [3.05, 3.63) is 29.1 Å². The number of hydrogen-bond acceptors (Lipinski definition) is 4. The zero-order valence-corrected chi connectivity index (χ0v) is 8.40. The summed E-state index contributed by atoms with van der Waals surface area (Å²) in [6, 6.07) is 2.83. The van der Waals surface area contributed by atoms with Crippen LogP contribution in [0.25, 0.3) is 0 Å². The second kappa shape index (κ2) is 2.81. The monoisotopic (exact) mass is 219 g/mol. The minimum Gasteiger partial charge on any atom is -0.477 e. The SMILES string of the molecule is O=C(O)c1ccc2c(n1)C1(CC1)COC2=O. The van der Waals surface area contributed by atoms with Crippen LogP contribution in [0.4, 0.5) is 0 Å². The molecule has 1 spiro atoms. The van der Waals surface area contributed by atoms with Gasteiger partial charge in [-0.1, -0.05) is 0 Å². The van der Waals surface area contributed by atoms with E-state index < -0.39 is 11.9 Å². The van der Waals surface area contributed by atoms with Crippen molar-refractivity contribution in [2.45, 2.75) is 18.3 Å². The number of nitrogens with zero attached hydrogens (tertiary/aromatic N) is 1.